The number of esters is 2. The van der Waals surface area contributed by atoms with E-state index in [1.165, 1.54) is 27.8 Å². The second-order valence-corrected chi connectivity index (χ2v) is 13.4. The number of rotatable bonds is 8. The highest BCUT2D eigenvalue weighted by molar-refractivity contribution is 9.10. The third kappa shape index (κ3) is 7.35. The fourth-order valence-electron chi connectivity index (χ4n) is 6.69. The molecule has 4 aromatic heterocycles. The molecule has 13 heteroatoms. The molecule has 278 valence electrons. The van der Waals surface area contributed by atoms with Gasteiger partial charge in [-0.2, -0.15) is 10.2 Å². The second kappa shape index (κ2) is 16.0. The molecule has 1 N–H and O–H groups in total. The van der Waals surface area contributed by atoms with Crippen molar-refractivity contribution in [2.45, 2.75) is 32.7 Å². The molecule has 0 aliphatic heterocycles. The van der Waals surface area contributed by atoms with Gasteiger partial charge in [-0.25, -0.2) is 27.4 Å². The number of hydrogen-bond donors (Lipinski definition) is 1. The number of hydrogen-bond acceptors (Lipinski definition) is 7. The van der Waals surface area contributed by atoms with Crippen LogP contribution in [0.15, 0.2) is 114 Å². The van der Waals surface area contributed by atoms with E-state index in [-0.39, 0.29) is 64.5 Å². The lowest BCUT2D eigenvalue weighted by Crippen LogP contribution is -2.36. The van der Waals surface area contributed by atoms with Gasteiger partial charge in [0.2, 0.25) is 0 Å². The van der Waals surface area contributed by atoms with Crippen molar-refractivity contribution in [3.8, 4) is 22.5 Å². The van der Waals surface area contributed by atoms with Gasteiger partial charge in [0.1, 0.15) is 44.4 Å². The fraction of sp³-hybridized carbons (Fsp3) is 0.167. The number of nitrogens with zero attached hydrogens (tertiary/aromatic N) is 4. The van der Waals surface area contributed by atoms with E-state index in [1.807, 2.05) is 12.1 Å². The highest BCUT2D eigenvalue weighted by atomic mass is 79.9. The molecular weight excluding hydrogens is 772 g/mol. The number of aromatic nitrogens is 4. The average Bonchev–Trinajstić information content (AvgIpc) is 3.89. The summed E-state index contributed by atoms with van der Waals surface area (Å²) >= 11 is 3.38. The van der Waals surface area contributed by atoms with E-state index in [9.17, 15) is 23.2 Å². The lowest BCUT2D eigenvalue weighted by molar-refractivity contribution is 0.0519. The van der Waals surface area contributed by atoms with Gasteiger partial charge in [-0.05, 0) is 102 Å². The summed E-state index contributed by atoms with van der Waals surface area (Å²) in [4.78, 5) is 38.4. The molecule has 0 spiro atoms. The van der Waals surface area contributed by atoms with Gasteiger partial charge >= 0.3 is 11.9 Å². The fourth-order valence-corrected chi connectivity index (χ4v) is 7.11. The van der Waals surface area contributed by atoms with Crippen LogP contribution in [-0.2, 0) is 22.3 Å². The Bertz CT molecular complexity index is 2560. The number of nitrogens with one attached hydrogen (secondary N) is 1. The van der Waals surface area contributed by atoms with Crippen LogP contribution in [0.3, 0.4) is 0 Å². The van der Waals surface area contributed by atoms with Crippen molar-refractivity contribution < 1.29 is 32.6 Å². The summed E-state index contributed by atoms with van der Waals surface area (Å²) in [5.74, 6) is -2.39. The number of carbonyl (C=O) groups excluding carboxylic acids is 3. The van der Waals surface area contributed by atoms with Crippen molar-refractivity contribution in [2.24, 2.45) is 0 Å². The van der Waals surface area contributed by atoms with Gasteiger partial charge < -0.3 is 14.8 Å². The maximum atomic E-state index is 14.6. The predicted octanol–water partition coefficient (Wildman–Crippen LogP) is 8.29. The van der Waals surface area contributed by atoms with Crippen LogP contribution >= 0.6 is 15.9 Å². The molecule has 10 nitrogen and oxygen atoms in total. The monoisotopic (exact) mass is 805 g/mol. The summed E-state index contributed by atoms with van der Waals surface area (Å²) in [6.45, 7) is 3.82. The van der Waals surface area contributed by atoms with E-state index in [0.717, 1.165) is 12.8 Å². The SMILES string of the molecule is CCOC(=O)c1c(-c2ccccc2F)nn2c(Br)cccc12.CCOC(=O)c1c(-c2ccccc2F)nn2c(C(=O)NC3Cc4ccccc4C3)cccc12. The van der Waals surface area contributed by atoms with Crippen molar-refractivity contribution >= 4 is 44.8 Å². The molecule has 4 heterocycles. The van der Waals surface area contributed by atoms with Crippen LogP contribution in [0.2, 0.25) is 0 Å². The van der Waals surface area contributed by atoms with Crippen molar-refractivity contribution in [2.75, 3.05) is 13.2 Å². The first-order valence-electron chi connectivity index (χ1n) is 17.6. The van der Waals surface area contributed by atoms with E-state index in [4.69, 9.17) is 9.47 Å². The summed E-state index contributed by atoms with van der Waals surface area (Å²) in [5.41, 5.74) is 4.89. The summed E-state index contributed by atoms with van der Waals surface area (Å²) in [7, 11) is 0. The maximum absolute atomic E-state index is 14.6. The summed E-state index contributed by atoms with van der Waals surface area (Å²) < 4.78 is 42.7. The number of halogens is 3. The van der Waals surface area contributed by atoms with E-state index in [1.54, 1.807) is 91.2 Å². The van der Waals surface area contributed by atoms with Crippen LogP contribution in [0, 0.1) is 11.6 Å². The number of fused-ring (bicyclic) bond motifs is 3. The van der Waals surface area contributed by atoms with E-state index in [2.05, 4.69) is 43.6 Å². The Morgan fingerprint density at radius 2 is 1.15 bits per heavy atom. The minimum Gasteiger partial charge on any atom is -0.462 e. The van der Waals surface area contributed by atoms with E-state index >= 15 is 0 Å². The van der Waals surface area contributed by atoms with Crippen molar-refractivity contribution in [3.63, 3.8) is 0 Å². The number of ether oxygens (including phenoxy) is 2. The van der Waals surface area contributed by atoms with Gasteiger partial charge in [0, 0.05) is 17.2 Å². The molecule has 1 aliphatic carbocycles. The van der Waals surface area contributed by atoms with Gasteiger partial charge in [0.25, 0.3) is 5.91 Å². The van der Waals surface area contributed by atoms with Gasteiger partial charge in [-0.1, -0.05) is 60.7 Å². The van der Waals surface area contributed by atoms with Gasteiger partial charge in [0.15, 0.2) is 0 Å². The predicted molar refractivity (Wildman–Crippen MR) is 206 cm³/mol. The largest absolute Gasteiger partial charge is 0.462 e. The number of amides is 1. The molecule has 3 aromatic carbocycles. The Kier molecular flexibility index (Phi) is 10.8. The zero-order valence-electron chi connectivity index (χ0n) is 29.8. The quantitative estimate of drug-likeness (QED) is 0.121. The summed E-state index contributed by atoms with van der Waals surface area (Å²) in [5, 5.41) is 12.0. The van der Waals surface area contributed by atoms with Crippen molar-refractivity contribution in [1.29, 1.82) is 0 Å². The maximum Gasteiger partial charge on any atom is 0.342 e. The normalized spacial score (nSPS) is 12.2. The Balaban J connectivity index is 0.000000184. The number of carbonyl (C=O) groups is 3. The standard InChI is InChI=1S/C26H22FN3O3.C16H12BrFN2O2/c1-2-33-26(32)23-21-12-7-13-22(30(21)29-24(23)19-10-5-6-11-20(19)27)25(31)28-18-14-16-8-3-4-9-17(16)15-18;1-2-22-16(21)14-12-8-5-9-13(17)20(12)19-15(14)10-6-3-4-7-11(10)18/h3-13,18H,2,14-15H2,1H3,(H,28,31);3-9H,2H2,1H3. The molecule has 0 saturated carbocycles. The van der Waals surface area contributed by atoms with Gasteiger partial charge in [0.05, 0.1) is 24.2 Å². The van der Waals surface area contributed by atoms with Crippen LogP contribution < -0.4 is 5.32 Å². The number of pyridine rings is 2. The molecule has 7 aromatic rings. The first-order chi connectivity index (χ1) is 26.7. The van der Waals surface area contributed by atoms with E-state index in [0.29, 0.717) is 15.6 Å². The Labute approximate surface area is 322 Å². The van der Waals surface area contributed by atoms with Crippen LogP contribution in [0.5, 0.6) is 0 Å². The molecule has 0 saturated heterocycles. The Morgan fingerprint density at radius 1 is 0.673 bits per heavy atom. The molecule has 0 radical (unpaired) electrons. The van der Waals surface area contributed by atoms with Crippen molar-refractivity contribution in [3.05, 3.63) is 153 Å². The van der Waals surface area contributed by atoms with Gasteiger partial charge in [-0.15, -0.1) is 0 Å². The third-order valence-electron chi connectivity index (χ3n) is 9.10. The van der Waals surface area contributed by atoms with Crippen LogP contribution in [-0.4, -0.2) is 56.3 Å². The first kappa shape index (κ1) is 37.1. The minimum absolute atomic E-state index is 0.0312. The lowest BCUT2D eigenvalue weighted by atomic mass is 10.1. The zero-order chi connectivity index (χ0) is 38.6. The van der Waals surface area contributed by atoms with Gasteiger partial charge in [-0.3, -0.25) is 4.79 Å². The average molecular weight is 807 g/mol. The smallest absolute Gasteiger partial charge is 0.342 e. The molecular formula is C42H34BrF2N5O5. The molecule has 1 amide bonds. The van der Waals surface area contributed by atoms with Crippen LogP contribution in [0.4, 0.5) is 8.78 Å². The molecule has 0 bridgehead atoms. The van der Waals surface area contributed by atoms with Crippen molar-refractivity contribution in [1.82, 2.24) is 24.5 Å². The topological polar surface area (TPSA) is 116 Å². The highest BCUT2D eigenvalue weighted by Gasteiger charge is 2.28. The molecule has 0 atom stereocenters. The molecule has 55 heavy (non-hydrogen) atoms. The highest BCUT2D eigenvalue weighted by Crippen LogP contribution is 2.32. The Hall–Kier alpha value is -6.21. The van der Waals surface area contributed by atoms with E-state index < -0.39 is 23.6 Å². The summed E-state index contributed by atoms with van der Waals surface area (Å²) in [6, 6.07) is 30.7. The lowest BCUT2D eigenvalue weighted by Gasteiger charge is -2.13. The molecule has 0 unspecified atom stereocenters. The molecule has 0 fully saturated rings. The second-order valence-electron chi connectivity index (χ2n) is 12.5. The molecule has 8 rings (SSSR count). The van der Waals surface area contributed by atoms with Crippen LogP contribution in [0.25, 0.3) is 33.5 Å². The third-order valence-corrected chi connectivity index (χ3v) is 9.71. The minimum atomic E-state index is -0.616. The number of benzene rings is 3. The summed E-state index contributed by atoms with van der Waals surface area (Å²) in [6.07, 6.45) is 1.51. The first-order valence-corrected chi connectivity index (χ1v) is 18.4. The Morgan fingerprint density at radius 3 is 1.67 bits per heavy atom. The zero-order valence-corrected chi connectivity index (χ0v) is 31.3. The molecule has 1 aliphatic rings. The van der Waals surface area contributed by atoms with Crippen LogP contribution in [0.1, 0.15) is 56.2 Å².